The minimum atomic E-state index is 0.488. The fraction of sp³-hybridized carbons (Fsp3) is 0.818. The molecule has 0 fully saturated rings. The predicted molar refractivity (Wildman–Crippen MR) is 68.2 cm³/mol. The van der Waals surface area contributed by atoms with Crippen LogP contribution in [0, 0.1) is 5.92 Å². The Morgan fingerprint density at radius 2 is 2.00 bits per heavy atom. The summed E-state index contributed by atoms with van der Waals surface area (Å²) in [5, 5.41) is 13.7. The van der Waals surface area contributed by atoms with E-state index in [0.29, 0.717) is 5.92 Å². The summed E-state index contributed by atoms with van der Waals surface area (Å²) in [5.41, 5.74) is 0. The highest BCUT2D eigenvalue weighted by Gasteiger charge is 2.08. The monoisotopic (exact) mass is 259 g/mol. The van der Waals surface area contributed by atoms with Crippen LogP contribution in [0.25, 0.3) is 0 Å². The summed E-state index contributed by atoms with van der Waals surface area (Å²) in [4.78, 5) is 0. The Hall–Kier alpha value is -0.560. The summed E-state index contributed by atoms with van der Waals surface area (Å²) < 4.78 is 10.1. The van der Waals surface area contributed by atoms with Crippen molar-refractivity contribution >= 4 is 11.3 Å². The minimum absolute atomic E-state index is 0.488. The smallest absolute Gasteiger partial charge is 0.131 e. The summed E-state index contributed by atoms with van der Waals surface area (Å²) >= 11 is 1.66. The van der Waals surface area contributed by atoms with Crippen LogP contribution in [-0.2, 0) is 22.4 Å². The van der Waals surface area contributed by atoms with Gasteiger partial charge in [0.05, 0.1) is 6.61 Å². The van der Waals surface area contributed by atoms with Crippen molar-refractivity contribution < 1.29 is 9.47 Å². The molecule has 0 aliphatic heterocycles. The van der Waals surface area contributed by atoms with Crippen LogP contribution < -0.4 is 5.32 Å². The van der Waals surface area contributed by atoms with Crippen LogP contribution in [0.3, 0.4) is 0 Å². The summed E-state index contributed by atoms with van der Waals surface area (Å²) in [6.45, 7) is 5.24. The normalized spacial score (nSPS) is 12.9. The summed E-state index contributed by atoms with van der Waals surface area (Å²) in [6.07, 6.45) is 0.934. The lowest BCUT2D eigenvalue weighted by Gasteiger charge is -2.06. The lowest BCUT2D eigenvalue weighted by Crippen LogP contribution is -2.18. The molecule has 0 aliphatic rings. The average Bonchev–Trinajstić information content (AvgIpc) is 2.72. The lowest BCUT2D eigenvalue weighted by molar-refractivity contribution is 0.159. The molecule has 1 atom stereocenters. The van der Waals surface area contributed by atoms with Gasteiger partial charge in [-0.3, -0.25) is 0 Å². The van der Waals surface area contributed by atoms with Crippen LogP contribution in [0.15, 0.2) is 0 Å². The number of ether oxygens (including phenoxy) is 2. The van der Waals surface area contributed by atoms with Crippen molar-refractivity contribution in [3.63, 3.8) is 0 Å². The first kappa shape index (κ1) is 14.5. The molecule has 98 valence electrons. The molecule has 1 aromatic heterocycles. The van der Waals surface area contributed by atoms with Gasteiger partial charge in [0.15, 0.2) is 0 Å². The van der Waals surface area contributed by atoms with Crippen molar-refractivity contribution in [3.8, 4) is 0 Å². The van der Waals surface area contributed by atoms with E-state index < -0.39 is 0 Å². The molecule has 6 heteroatoms. The van der Waals surface area contributed by atoms with Gasteiger partial charge < -0.3 is 14.8 Å². The van der Waals surface area contributed by atoms with Gasteiger partial charge in [-0.1, -0.05) is 6.92 Å². The number of hydrogen-bond donors (Lipinski definition) is 1. The van der Waals surface area contributed by atoms with Gasteiger partial charge in [0, 0.05) is 40.3 Å². The third-order valence-corrected chi connectivity index (χ3v) is 3.19. The highest BCUT2D eigenvalue weighted by molar-refractivity contribution is 7.11. The van der Waals surface area contributed by atoms with Gasteiger partial charge in [0.25, 0.3) is 0 Å². The van der Waals surface area contributed by atoms with E-state index in [-0.39, 0.29) is 0 Å². The van der Waals surface area contributed by atoms with Crippen LogP contribution in [0.1, 0.15) is 16.9 Å². The second-order valence-electron chi connectivity index (χ2n) is 4.02. The minimum Gasteiger partial charge on any atom is -0.384 e. The van der Waals surface area contributed by atoms with Gasteiger partial charge in [-0.05, 0) is 5.92 Å². The molecule has 0 aliphatic carbocycles. The van der Waals surface area contributed by atoms with E-state index in [1.54, 1.807) is 25.6 Å². The van der Waals surface area contributed by atoms with Gasteiger partial charge in [-0.25, -0.2) is 0 Å². The Labute approximate surface area is 107 Å². The zero-order chi connectivity index (χ0) is 12.5. The maximum Gasteiger partial charge on any atom is 0.131 e. The van der Waals surface area contributed by atoms with E-state index in [4.69, 9.17) is 9.47 Å². The predicted octanol–water partition coefficient (Wildman–Crippen LogP) is 1.10. The summed E-state index contributed by atoms with van der Waals surface area (Å²) in [5.74, 6) is 0.488. The van der Waals surface area contributed by atoms with Crippen LogP contribution in [-0.4, -0.2) is 44.2 Å². The fourth-order valence-electron chi connectivity index (χ4n) is 1.45. The van der Waals surface area contributed by atoms with Crippen molar-refractivity contribution in [2.24, 2.45) is 5.92 Å². The van der Waals surface area contributed by atoms with Crippen molar-refractivity contribution in [1.82, 2.24) is 15.5 Å². The Bertz CT molecular complexity index is 307. The van der Waals surface area contributed by atoms with Crippen LogP contribution in [0.2, 0.25) is 0 Å². The molecule has 1 unspecified atom stereocenters. The molecule has 0 bridgehead atoms. The van der Waals surface area contributed by atoms with Gasteiger partial charge in [-0.2, -0.15) is 0 Å². The number of nitrogens with one attached hydrogen (secondary N) is 1. The first-order valence-corrected chi connectivity index (χ1v) is 6.57. The zero-order valence-electron chi connectivity index (χ0n) is 10.7. The molecule has 0 saturated carbocycles. The van der Waals surface area contributed by atoms with E-state index in [1.807, 2.05) is 0 Å². The maximum absolute atomic E-state index is 5.10. The first-order valence-electron chi connectivity index (χ1n) is 5.76. The Morgan fingerprint density at radius 1 is 1.24 bits per heavy atom. The van der Waals surface area contributed by atoms with Gasteiger partial charge in [0.1, 0.15) is 10.0 Å². The van der Waals surface area contributed by atoms with Crippen molar-refractivity contribution in [1.29, 1.82) is 0 Å². The van der Waals surface area contributed by atoms with E-state index in [1.165, 1.54) is 0 Å². The number of methoxy groups -OCH3 is 2. The molecule has 0 saturated heterocycles. The second kappa shape index (κ2) is 8.52. The van der Waals surface area contributed by atoms with Crippen LogP contribution in [0.4, 0.5) is 0 Å². The van der Waals surface area contributed by atoms with E-state index in [2.05, 4.69) is 22.4 Å². The highest BCUT2D eigenvalue weighted by Crippen LogP contribution is 2.14. The van der Waals surface area contributed by atoms with Crippen LogP contribution in [0.5, 0.6) is 0 Å². The Morgan fingerprint density at radius 3 is 2.71 bits per heavy atom. The molecule has 1 heterocycles. The summed E-state index contributed by atoms with van der Waals surface area (Å²) in [7, 11) is 3.42. The fourth-order valence-corrected chi connectivity index (χ4v) is 2.43. The molecule has 1 N–H and O–H groups in total. The number of aromatic nitrogens is 2. The third-order valence-electron chi connectivity index (χ3n) is 2.24. The average molecular weight is 259 g/mol. The number of rotatable bonds is 9. The Balaban J connectivity index is 2.27. The van der Waals surface area contributed by atoms with Crippen LogP contribution >= 0.6 is 11.3 Å². The lowest BCUT2D eigenvalue weighted by atomic mass is 10.1. The Kier molecular flexibility index (Phi) is 7.27. The molecule has 0 aromatic carbocycles. The first-order chi connectivity index (χ1) is 8.26. The zero-order valence-corrected chi connectivity index (χ0v) is 11.5. The van der Waals surface area contributed by atoms with Gasteiger partial charge >= 0.3 is 0 Å². The molecule has 0 amide bonds. The largest absolute Gasteiger partial charge is 0.384 e. The van der Waals surface area contributed by atoms with Gasteiger partial charge in [-0.15, -0.1) is 21.5 Å². The molecule has 0 spiro atoms. The molecule has 0 radical (unpaired) electrons. The van der Waals surface area contributed by atoms with E-state index >= 15 is 0 Å². The highest BCUT2D eigenvalue weighted by atomic mass is 32.1. The van der Waals surface area contributed by atoms with Crippen molar-refractivity contribution in [2.45, 2.75) is 19.9 Å². The van der Waals surface area contributed by atoms with E-state index in [0.717, 1.165) is 42.7 Å². The van der Waals surface area contributed by atoms with Crippen molar-refractivity contribution in [2.75, 3.05) is 34.0 Å². The van der Waals surface area contributed by atoms with E-state index in [9.17, 15) is 0 Å². The third kappa shape index (κ3) is 6.07. The summed E-state index contributed by atoms with van der Waals surface area (Å²) in [6, 6.07) is 0. The van der Waals surface area contributed by atoms with Gasteiger partial charge in [0.2, 0.25) is 0 Å². The SMILES string of the molecule is COCCNCc1nnc(CC(C)COC)s1. The molecule has 1 aromatic rings. The molecule has 17 heavy (non-hydrogen) atoms. The molecule has 1 rings (SSSR count). The quantitative estimate of drug-likeness (QED) is 0.673. The number of hydrogen-bond acceptors (Lipinski definition) is 6. The molecular formula is C11H21N3O2S. The topological polar surface area (TPSA) is 56.3 Å². The number of nitrogens with zero attached hydrogens (tertiary/aromatic N) is 2. The molecular weight excluding hydrogens is 238 g/mol. The molecule has 5 nitrogen and oxygen atoms in total. The maximum atomic E-state index is 5.10. The van der Waals surface area contributed by atoms with Crippen molar-refractivity contribution in [3.05, 3.63) is 10.0 Å². The second-order valence-corrected chi connectivity index (χ2v) is 5.17. The standard InChI is InChI=1S/C11H21N3O2S/c1-9(8-16-3)6-10-13-14-11(17-10)7-12-4-5-15-2/h9,12H,4-8H2,1-3H3.